The van der Waals surface area contributed by atoms with E-state index >= 15 is 0 Å². The Bertz CT molecular complexity index is 1150. The molecule has 0 saturated carbocycles. The second-order valence-electron chi connectivity index (χ2n) is 8.10. The molecule has 0 fully saturated rings. The molecule has 3 rings (SSSR count). The topological polar surface area (TPSA) is 98.8 Å². The van der Waals surface area contributed by atoms with Crippen molar-refractivity contribution < 1.29 is 16.8 Å². The first-order valence-corrected chi connectivity index (χ1v) is 13.6. The molecule has 0 bridgehead atoms. The Balaban J connectivity index is 1.52. The van der Waals surface area contributed by atoms with E-state index < -0.39 is 26.3 Å². The first kappa shape index (κ1) is 24.9. The summed E-state index contributed by atoms with van der Waals surface area (Å²) in [5.74, 6) is 0. The molecule has 176 valence electrons. The lowest BCUT2D eigenvalue weighted by atomic mass is 10.0. The van der Waals surface area contributed by atoms with Crippen molar-refractivity contribution in [1.29, 1.82) is 0 Å². The van der Waals surface area contributed by atoms with E-state index in [9.17, 15) is 16.8 Å². The zero-order chi connectivity index (χ0) is 23.5. The van der Waals surface area contributed by atoms with Gasteiger partial charge in [-0.05, 0) is 67.3 Å². The van der Waals surface area contributed by atoms with Crippen LogP contribution in [0.1, 0.15) is 24.5 Å². The maximum absolute atomic E-state index is 12.7. The number of benzene rings is 2. The first-order chi connectivity index (χ1) is 15.0. The number of hydrogen-bond acceptors (Lipinski definition) is 5. The van der Waals surface area contributed by atoms with Gasteiger partial charge in [0.15, 0.2) is 0 Å². The van der Waals surface area contributed by atoms with E-state index in [1.165, 1.54) is 4.31 Å². The number of halogens is 1. The largest absolute Gasteiger partial charge is 0.378 e. The fraction of sp³-hybridized carbons (Fsp3) is 0.429. The predicted octanol–water partition coefficient (Wildman–Crippen LogP) is 2.36. The van der Waals surface area contributed by atoms with Gasteiger partial charge in [-0.15, -0.1) is 0 Å². The van der Waals surface area contributed by atoms with Gasteiger partial charge in [0.2, 0.25) is 10.0 Å². The molecule has 0 unspecified atom stereocenters. The fourth-order valence-corrected chi connectivity index (χ4v) is 6.18. The van der Waals surface area contributed by atoms with Gasteiger partial charge in [0.05, 0.1) is 4.90 Å². The van der Waals surface area contributed by atoms with E-state index in [0.29, 0.717) is 24.4 Å². The molecule has 1 heterocycles. The van der Waals surface area contributed by atoms with Crippen LogP contribution in [-0.2, 0) is 33.2 Å². The lowest BCUT2D eigenvalue weighted by Crippen LogP contribution is -2.44. The van der Waals surface area contributed by atoms with Crippen molar-refractivity contribution in [2.24, 2.45) is 0 Å². The fourth-order valence-electron chi connectivity index (χ4n) is 3.51. The van der Waals surface area contributed by atoms with Crippen molar-refractivity contribution in [3.8, 4) is 0 Å². The molecular weight excluding hydrogens is 472 g/mol. The molecule has 2 aromatic carbocycles. The number of nitrogens with zero attached hydrogens (tertiary/aromatic N) is 2. The minimum absolute atomic E-state index is 0.121. The van der Waals surface area contributed by atoms with Crippen LogP contribution in [0.15, 0.2) is 47.4 Å². The number of sulfonamides is 1. The molecule has 1 aliphatic heterocycles. The molecule has 0 aliphatic carbocycles. The number of hydrogen-bond donors (Lipinski definition) is 2. The highest BCUT2D eigenvalue weighted by Crippen LogP contribution is 2.24. The van der Waals surface area contributed by atoms with E-state index in [-0.39, 0.29) is 18.0 Å². The van der Waals surface area contributed by atoms with Crippen LogP contribution >= 0.6 is 11.6 Å². The van der Waals surface area contributed by atoms with E-state index in [1.54, 1.807) is 37.3 Å². The van der Waals surface area contributed by atoms with Crippen molar-refractivity contribution >= 4 is 37.5 Å². The summed E-state index contributed by atoms with van der Waals surface area (Å²) in [7, 11) is -3.61. The van der Waals surface area contributed by atoms with Crippen LogP contribution in [0.3, 0.4) is 0 Å². The van der Waals surface area contributed by atoms with Crippen LogP contribution < -0.4 is 14.3 Å². The van der Waals surface area contributed by atoms with E-state index in [1.807, 2.05) is 31.1 Å². The molecule has 0 spiro atoms. The molecule has 0 amide bonds. The summed E-state index contributed by atoms with van der Waals surface area (Å²) in [5.41, 5.74) is 2.90. The van der Waals surface area contributed by atoms with Gasteiger partial charge in [-0.25, -0.2) is 17.9 Å². The van der Waals surface area contributed by atoms with Crippen LogP contribution in [0.2, 0.25) is 5.02 Å². The van der Waals surface area contributed by atoms with Gasteiger partial charge in [-0.3, -0.25) is 0 Å². The van der Waals surface area contributed by atoms with Crippen LogP contribution in [0, 0.1) is 0 Å². The summed E-state index contributed by atoms with van der Waals surface area (Å²) in [4.78, 5) is 2.05. The third-order valence-electron chi connectivity index (χ3n) is 5.37. The minimum Gasteiger partial charge on any atom is -0.378 e. The standard InChI is InChI=1S/C21H29ClN4O4S2/c1-16(24-31(27,28)21-8-6-20(7-9-21)25(2)3)10-12-23-32(29,30)26-13-11-17-14-19(22)5-4-18(17)15-26/h4-9,14,16,23-24H,10-13,15H2,1-3H3/t16-/m0/s1. The molecule has 11 heteroatoms. The maximum Gasteiger partial charge on any atom is 0.279 e. The normalized spacial score (nSPS) is 15.9. The Morgan fingerprint density at radius 3 is 2.41 bits per heavy atom. The zero-order valence-electron chi connectivity index (χ0n) is 18.4. The van der Waals surface area contributed by atoms with Crippen LogP contribution in [0.25, 0.3) is 0 Å². The quantitative estimate of drug-likeness (QED) is 0.550. The second kappa shape index (κ2) is 10.1. The smallest absolute Gasteiger partial charge is 0.279 e. The average molecular weight is 501 g/mol. The molecule has 1 atom stereocenters. The summed E-state index contributed by atoms with van der Waals surface area (Å²) in [6, 6.07) is 11.6. The predicted molar refractivity (Wildman–Crippen MR) is 128 cm³/mol. The Morgan fingerprint density at radius 1 is 1.06 bits per heavy atom. The molecule has 32 heavy (non-hydrogen) atoms. The van der Waals surface area contributed by atoms with Crippen LogP contribution in [0.5, 0.6) is 0 Å². The number of rotatable bonds is 9. The minimum atomic E-state index is -3.69. The summed E-state index contributed by atoms with van der Waals surface area (Å²) < 4.78 is 57.1. The summed E-state index contributed by atoms with van der Waals surface area (Å²) in [6.07, 6.45) is 0.911. The van der Waals surface area contributed by atoms with E-state index in [4.69, 9.17) is 11.6 Å². The first-order valence-electron chi connectivity index (χ1n) is 10.3. The average Bonchev–Trinajstić information content (AvgIpc) is 2.72. The van der Waals surface area contributed by atoms with Gasteiger partial charge >= 0.3 is 0 Å². The summed E-state index contributed by atoms with van der Waals surface area (Å²) in [6.45, 7) is 2.48. The van der Waals surface area contributed by atoms with Gasteiger partial charge < -0.3 is 4.90 Å². The van der Waals surface area contributed by atoms with Crippen molar-refractivity contribution in [2.75, 3.05) is 32.1 Å². The third kappa shape index (κ3) is 6.21. The Morgan fingerprint density at radius 2 is 1.75 bits per heavy atom. The highest BCUT2D eigenvalue weighted by Gasteiger charge is 2.26. The van der Waals surface area contributed by atoms with Crippen molar-refractivity contribution in [3.05, 3.63) is 58.6 Å². The van der Waals surface area contributed by atoms with Gasteiger partial charge in [-0.1, -0.05) is 17.7 Å². The molecule has 1 aliphatic rings. The van der Waals surface area contributed by atoms with Gasteiger partial charge in [0.25, 0.3) is 10.2 Å². The van der Waals surface area contributed by atoms with Crippen molar-refractivity contribution in [1.82, 2.24) is 13.7 Å². The van der Waals surface area contributed by atoms with Gasteiger partial charge in [0, 0.05) is 50.5 Å². The third-order valence-corrected chi connectivity index (χ3v) is 8.77. The summed E-state index contributed by atoms with van der Waals surface area (Å²) >= 11 is 6.01. The molecular formula is C21H29ClN4O4S2. The lowest BCUT2D eigenvalue weighted by Gasteiger charge is -2.28. The summed E-state index contributed by atoms with van der Waals surface area (Å²) in [5, 5.41) is 0.642. The molecule has 2 aromatic rings. The highest BCUT2D eigenvalue weighted by atomic mass is 35.5. The number of nitrogens with one attached hydrogen (secondary N) is 2. The lowest BCUT2D eigenvalue weighted by molar-refractivity contribution is 0.383. The van der Waals surface area contributed by atoms with Gasteiger partial charge in [-0.2, -0.15) is 12.7 Å². The monoisotopic (exact) mass is 500 g/mol. The SMILES string of the molecule is C[C@@H](CCNS(=O)(=O)N1CCc2cc(Cl)ccc2C1)NS(=O)(=O)c1ccc(N(C)C)cc1. The van der Waals surface area contributed by atoms with Crippen molar-refractivity contribution in [3.63, 3.8) is 0 Å². The second-order valence-corrected chi connectivity index (χ2v) is 12.0. The molecule has 8 nitrogen and oxygen atoms in total. The Kier molecular flexibility index (Phi) is 7.85. The van der Waals surface area contributed by atoms with E-state index in [2.05, 4.69) is 9.44 Å². The Labute approximate surface area is 195 Å². The number of fused-ring (bicyclic) bond motifs is 1. The maximum atomic E-state index is 12.7. The van der Waals surface area contributed by atoms with Crippen LogP contribution in [-0.4, -0.2) is 54.4 Å². The number of anilines is 1. The van der Waals surface area contributed by atoms with Gasteiger partial charge in [0.1, 0.15) is 0 Å². The molecule has 0 radical (unpaired) electrons. The molecule has 0 aromatic heterocycles. The molecule has 0 saturated heterocycles. The van der Waals surface area contributed by atoms with Crippen molar-refractivity contribution in [2.45, 2.75) is 37.2 Å². The van der Waals surface area contributed by atoms with E-state index in [0.717, 1.165) is 16.8 Å². The molecule has 2 N–H and O–H groups in total. The Hall–Kier alpha value is -1.69. The zero-order valence-corrected chi connectivity index (χ0v) is 20.8. The van der Waals surface area contributed by atoms with Crippen LogP contribution in [0.4, 0.5) is 5.69 Å². The highest BCUT2D eigenvalue weighted by molar-refractivity contribution is 7.89.